The molecule has 0 aromatic carbocycles. The summed E-state index contributed by atoms with van der Waals surface area (Å²) >= 11 is 0. The number of allylic oxidation sites excluding steroid dienone is 5. The molecular formula is C36H67NO3. The van der Waals surface area contributed by atoms with Gasteiger partial charge in [0.05, 0.1) is 12.1 Å². The van der Waals surface area contributed by atoms with Crippen LogP contribution in [-0.4, -0.2) is 34.2 Å². The van der Waals surface area contributed by atoms with E-state index in [9.17, 15) is 15.0 Å². The Morgan fingerprint density at radius 2 is 0.975 bits per heavy atom. The van der Waals surface area contributed by atoms with Gasteiger partial charge in [-0.15, -0.1) is 0 Å². The molecule has 0 saturated heterocycles. The highest BCUT2D eigenvalue weighted by Crippen LogP contribution is 2.13. The molecule has 0 aliphatic carbocycles. The Bertz CT molecular complexity index is 628. The summed E-state index contributed by atoms with van der Waals surface area (Å²) in [5.74, 6) is -0.254. The van der Waals surface area contributed by atoms with Gasteiger partial charge in [0.2, 0.25) is 0 Å². The molecule has 0 aromatic heterocycles. The number of hydrogen-bond donors (Lipinski definition) is 3. The van der Waals surface area contributed by atoms with E-state index in [-0.39, 0.29) is 5.78 Å². The number of hydrogen-bond acceptors (Lipinski definition) is 4. The van der Waals surface area contributed by atoms with Crippen molar-refractivity contribution in [3.8, 4) is 0 Å². The second-order valence-corrected chi connectivity index (χ2v) is 11.7. The van der Waals surface area contributed by atoms with Crippen molar-refractivity contribution in [1.29, 1.82) is 0 Å². The number of Topliss-reactive ketones (excluding diaryl/α,β-unsaturated/α-hetero) is 1. The van der Waals surface area contributed by atoms with Crippen LogP contribution in [0.15, 0.2) is 36.5 Å². The SMILES string of the molecule is CCCCC/C=C\C/C=C\CCCCCCCC(=O)C(O)[C@H](N)[C@H](O)/C=C/CCCCCCCCCCCCC. The van der Waals surface area contributed by atoms with Crippen LogP contribution in [0.5, 0.6) is 0 Å². The Kier molecular flexibility index (Phi) is 29.8. The second kappa shape index (κ2) is 30.7. The highest BCUT2D eigenvalue weighted by atomic mass is 16.3. The molecule has 0 radical (unpaired) electrons. The molecule has 0 spiro atoms. The fourth-order valence-corrected chi connectivity index (χ4v) is 4.95. The van der Waals surface area contributed by atoms with E-state index in [1.54, 1.807) is 6.08 Å². The van der Waals surface area contributed by atoms with E-state index in [4.69, 9.17) is 5.73 Å². The van der Waals surface area contributed by atoms with Crippen LogP contribution in [0.25, 0.3) is 0 Å². The van der Waals surface area contributed by atoms with Gasteiger partial charge < -0.3 is 15.9 Å². The van der Waals surface area contributed by atoms with Crippen LogP contribution in [0.1, 0.15) is 168 Å². The summed E-state index contributed by atoms with van der Waals surface area (Å²) in [5, 5.41) is 20.6. The molecule has 0 rings (SSSR count). The molecule has 4 nitrogen and oxygen atoms in total. The van der Waals surface area contributed by atoms with Gasteiger partial charge in [0, 0.05) is 6.42 Å². The molecule has 234 valence electrons. The number of carbonyl (C=O) groups excluding carboxylic acids is 1. The Morgan fingerprint density at radius 1 is 0.575 bits per heavy atom. The zero-order valence-electron chi connectivity index (χ0n) is 26.5. The average Bonchev–Trinajstić information content (AvgIpc) is 2.96. The third-order valence-corrected chi connectivity index (χ3v) is 7.77. The molecule has 0 aromatic rings. The Morgan fingerprint density at radius 3 is 1.50 bits per heavy atom. The third-order valence-electron chi connectivity index (χ3n) is 7.77. The van der Waals surface area contributed by atoms with Crippen LogP contribution in [0.2, 0.25) is 0 Å². The number of nitrogens with two attached hydrogens (primary N) is 1. The van der Waals surface area contributed by atoms with Gasteiger partial charge in [0.25, 0.3) is 0 Å². The van der Waals surface area contributed by atoms with Crippen molar-refractivity contribution >= 4 is 5.78 Å². The lowest BCUT2D eigenvalue weighted by Crippen LogP contribution is -2.47. The quantitative estimate of drug-likeness (QED) is 0.0602. The molecule has 0 aliphatic heterocycles. The summed E-state index contributed by atoms with van der Waals surface area (Å²) in [4.78, 5) is 12.3. The van der Waals surface area contributed by atoms with E-state index < -0.39 is 18.2 Å². The summed E-state index contributed by atoms with van der Waals surface area (Å²) in [6.45, 7) is 4.49. The molecule has 4 heteroatoms. The van der Waals surface area contributed by atoms with E-state index >= 15 is 0 Å². The van der Waals surface area contributed by atoms with Gasteiger partial charge in [-0.3, -0.25) is 4.79 Å². The van der Waals surface area contributed by atoms with Crippen LogP contribution in [-0.2, 0) is 4.79 Å². The summed E-state index contributed by atoms with van der Waals surface area (Å²) in [6, 6.07) is -0.959. The largest absolute Gasteiger partial charge is 0.387 e. The molecule has 0 bridgehead atoms. The standard InChI is InChI=1S/C36H67NO3/c1-3-5-7-9-11-13-15-17-18-20-22-24-26-28-30-32-34(39)36(40)35(37)33(38)31-29-27-25-23-21-19-16-14-12-10-8-6-4-2/h11,13,17-18,29,31,33,35-36,38,40H,3-10,12,14-16,19-28,30,32,37H2,1-2H3/b13-11-,18-17-,31-29+/t33-,35-,36?/m1/s1. The summed E-state index contributed by atoms with van der Waals surface area (Å²) in [6.07, 6.45) is 38.5. The molecule has 40 heavy (non-hydrogen) atoms. The fraction of sp³-hybridized carbons (Fsp3) is 0.806. The summed E-state index contributed by atoms with van der Waals surface area (Å²) < 4.78 is 0. The minimum absolute atomic E-state index is 0.254. The lowest BCUT2D eigenvalue weighted by Gasteiger charge is -2.21. The Labute approximate surface area is 249 Å². The lowest BCUT2D eigenvalue weighted by atomic mass is 9.97. The maximum atomic E-state index is 12.3. The summed E-state index contributed by atoms with van der Waals surface area (Å²) in [7, 11) is 0. The fourth-order valence-electron chi connectivity index (χ4n) is 4.95. The van der Waals surface area contributed by atoms with E-state index in [1.165, 1.54) is 96.3 Å². The van der Waals surface area contributed by atoms with Gasteiger partial charge in [-0.05, 0) is 51.4 Å². The lowest BCUT2D eigenvalue weighted by molar-refractivity contribution is -0.129. The maximum Gasteiger partial charge on any atom is 0.162 e. The molecule has 0 heterocycles. The molecule has 1 unspecified atom stereocenters. The first kappa shape index (κ1) is 38.8. The molecule has 4 N–H and O–H groups in total. The number of ketones is 1. The molecule has 0 aliphatic rings. The minimum atomic E-state index is -1.30. The molecule has 3 atom stereocenters. The highest BCUT2D eigenvalue weighted by Gasteiger charge is 2.26. The van der Waals surface area contributed by atoms with Crippen molar-refractivity contribution in [2.24, 2.45) is 5.73 Å². The monoisotopic (exact) mass is 562 g/mol. The maximum absolute atomic E-state index is 12.3. The molecular weight excluding hydrogens is 494 g/mol. The van der Waals surface area contributed by atoms with E-state index in [0.29, 0.717) is 6.42 Å². The normalized spacial score (nSPS) is 14.5. The third kappa shape index (κ3) is 25.7. The minimum Gasteiger partial charge on any atom is -0.387 e. The predicted octanol–water partition coefficient (Wildman–Crippen LogP) is 9.68. The summed E-state index contributed by atoms with van der Waals surface area (Å²) in [5.41, 5.74) is 5.98. The second-order valence-electron chi connectivity index (χ2n) is 11.7. The number of rotatable bonds is 30. The molecule has 0 saturated carbocycles. The van der Waals surface area contributed by atoms with Gasteiger partial charge in [-0.2, -0.15) is 0 Å². The zero-order chi connectivity index (χ0) is 29.5. The van der Waals surface area contributed by atoms with Crippen molar-refractivity contribution in [3.05, 3.63) is 36.5 Å². The first-order valence-electron chi connectivity index (χ1n) is 17.2. The Balaban J connectivity index is 3.71. The van der Waals surface area contributed by atoms with Gasteiger partial charge in [-0.1, -0.05) is 147 Å². The average molecular weight is 562 g/mol. The predicted molar refractivity (Wildman–Crippen MR) is 175 cm³/mol. The van der Waals surface area contributed by atoms with Gasteiger partial charge in [0.1, 0.15) is 6.10 Å². The number of unbranched alkanes of at least 4 members (excludes halogenated alkanes) is 19. The Hall–Kier alpha value is -1.23. The number of carbonyl (C=O) groups is 1. The van der Waals surface area contributed by atoms with Crippen LogP contribution >= 0.6 is 0 Å². The number of aliphatic hydroxyl groups excluding tert-OH is 2. The van der Waals surface area contributed by atoms with Gasteiger partial charge >= 0.3 is 0 Å². The van der Waals surface area contributed by atoms with Crippen molar-refractivity contribution in [2.45, 2.75) is 186 Å². The van der Waals surface area contributed by atoms with Crippen molar-refractivity contribution < 1.29 is 15.0 Å². The van der Waals surface area contributed by atoms with Crippen LogP contribution in [0, 0.1) is 0 Å². The first-order valence-corrected chi connectivity index (χ1v) is 17.2. The molecule has 0 fully saturated rings. The van der Waals surface area contributed by atoms with Crippen molar-refractivity contribution in [3.63, 3.8) is 0 Å². The smallest absolute Gasteiger partial charge is 0.162 e. The van der Waals surface area contributed by atoms with Crippen LogP contribution in [0.4, 0.5) is 0 Å². The van der Waals surface area contributed by atoms with Gasteiger partial charge in [-0.25, -0.2) is 0 Å². The first-order chi connectivity index (χ1) is 19.5. The van der Waals surface area contributed by atoms with Crippen molar-refractivity contribution in [1.82, 2.24) is 0 Å². The topological polar surface area (TPSA) is 83.5 Å². The van der Waals surface area contributed by atoms with Crippen LogP contribution in [0.3, 0.4) is 0 Å². The highest BCUT2D eigenvalue weighted by molar-refractivity contribution is 5.83. The number of aliphatic hydroxyl groups is 2. The van der Waals surface area contributed by atoms with E-state index in [1.807, 2.05) is 6.08 Å². The molecule has 0 amide bonds. The zero-order valence-corrected chi connectivity index (χ0v) is 26.5. The van der Waals surface area contributed by atoms with Gasteiger partial charge in [0.15, 0.2) is 5.78 Å². The van der Waals surface area contributed by atoms with Crippen molar-refractivity contribution in [2.75, 3.05) is 0 Å². The van der Waals surface area contributed by atoms with E-state index in [2.05, 4.69) is 38.2 Å². The van der Waals surface area contributed by atoms with E-state index in [0.717, 1.165) is 51.4 Å². The van der Waals surface area contributed by atoms with Crippen LogP contribution < -0.4 is 5.73 Å².